The molecule has 2 aromatic carbocycles. The third-order valence-corrected chi connectivity index (χ3v) is 11.9. The maximum absolute atomic E-state index is 11.7. The predicted molar refractivity (Wildman–Crippen MR) is 183 cm³/mol. The molecule has 1 heterocycles. The number of carbonyl (C=O) groups is 1. The molecule has 1 N–H and O–H groups in total. The van der Waals surface area contributed by atoms with E-state index in [2.05, 4.69) is 93.4 Å². The number of aryl methyl sites for hydroxylation is 2. The number of ketones is 1. The Kier molecular flexibility index (Phi) is 14.7. The van der Waals surface area contributed by atoms with Crippen molar-refractivity contribution in [2.45, 2.75) is 107 Å². The fourth-order valence-electron chi connectivity index (χ4n) is 5.00. The molecule has 4 nitrogen and oxygen atoms in total. The maximum Gasteiger partial charge on any atom is 0.162 e. The van der Waals surface area contributed by atoms with Crippen molar-refractivity contribution in [3.8, 4) is 11.3 Å². The molecule has 0 amide bonds. The van der Waals surface area contributed by atoms with E-state index in [1.54, 1.807) is 6.33 Å². The van der Waals surface area contributed by atoms with Gasteiger partial charge in [0.1, 0.15) is 14.4 Å². The van der Waals surface area contributed by atoms with Crippen LogP contribution in [0.3, 0.4) is 0 Å². The molecule has 42 heavy (non-hydrogen) atoms. The van der Waals surface area contributed by atoms with Gasteiger partial charge in [-0.2, -0.15) is 0 Å². The van der Waals surface area contributed by atoms with Crippen molar-refractivity contribution >= 4 is 43.2 Å². The molecule has 0 fully saturated rings. The van der Waals surface area contributed by atoms with Crippen LogP contribution in [0.2, 0.25) is 39.3 Å². The van der Waals surface area contributed by atoms with Gasteiger partial charge in [0, 0.05) is 49.0 Å². The van der Waals surface area contributed by atoms with Gasteiger partial charge in [-0.3, -0.25) is 9.78 Å². The van der Waals surface area contributed by atoms with E-state index < -0.39 is 16.1 Å². The molecule has 1 radical (unpaired) electrons. The number of nitrogens with zero attached hydrogens (tertiary/aromatic N) is 2. The number of rotatable bonds is 10. The molecule has 3 aromatic rings. The van der Waals surface area contributed by atoms with Crippen molar-refractivity contribution in [1.29, 1.82) is 0 Å². The Hall–Kier alpha value is -1.93. The Morgan fingerprint density at radius 2 is 1.38 bits per heavy atom. The number of aromatic nitrogens is 2. The number of allylic oxidation sites excluding steroid dienone is 2. The normalized spacial score (nSPS) is 12.3. The van der Waals surface area contributed by atoms with E-state index in [-0.39, 0.29) is 43.5 Å². The number of carbonyl (C=O) groups excluding carboxylic acids is 1. The topological polar surface area (TPSA) is 63.1 Å². The minimum absolute atomic E-state index is 0. The summed E-state index contributed by atoms with van der Waals surface area (Å²) in [6.07, 6.45) is 6.62. The number of fused-ring (bicyclic) bond motifs is 1. The molecule has 0 aliphatic rings. The summed E-state index contributed by atoms with van der Waals surface area (Å²) in [5, 5.41) is 15.0. The summed E-state index contributed by atoms with van der Waals surface area (Å²) in [5.74, 6) is 0.547. The minimum Gasteiger partial charge on any atom is -0.512 e. The van der Waals surface area contributed by atoms with E-state index >= 15 is 0 Å². The van der Waals surface area contributed by atoms with E-state index in [1.165, 1.54) is 38.5 Å². The molecule has 0 spiro atoms. The van der Waals surface area contributed by atoms with Gasteiger partial charge in [0.05, 0.1) is 13.8 Å². The largest absolute Gasteiger partial charge is 0.512 e. The Bertz CT molecular complexity index is 1370. The smallest absolute Gasteiger partial charge is 0.162 e. The summed E-state index contributed by atoms with van der Waals surface area (Å²) in [5.41, 5.74) is 4.76. The second-order valence-corrected chi connectivity index (χ2v) is 23.4. The Labute approximate surface area is 271 Å². The second kappa shape index (κ2) is 16.2. The molecule has 233 valence electrons. The van der Waals surface area contributed by atoms with Crippen LogP contribution in [0.25, 0.3) is 22.0 Å². The van der Waals surface area contributed by atoms with Crippen LogP contribution in [-0.4, -0.2) is 37.0 Å². The van der Waals surface area contributed by atoms with Gasteiger partial charge in [-0.15, -0.1) is 28.8 Å². The van der Waals surface area contributed by atoms with Crippen molar-refractivity contribution in [3.63, 3.8) is 0 Å². The van der Waals surface area contributed by atoms with Crippen LogP contribution < -0.4 is 10.5 Å². The molecule has 3 rings (SSSR count). The first-order chi connectivity index (χ1) is 19.1. The molecule has 0 unspecified atom stereocenters. The van der Waals surface area contributed by atoms with E-state index in [0.29, 0.717) is 0 Å². The van der Waals surface area contributed by atoms with Crippen LogP contribution in [0.4, 0.5) is 0 Å². The number of aliphatic hydroxyl groups excluding tert-OH is 1. The first-order valence-electron chi connectivity index (χ1n) is 15.3. The van der Waals surface area contributed by atoms with Crippen molar-refractivity contribution in [3.05, 3.63) is 59.6 Å². The average Bonchev–Trinajstić information content (AvgIpc) is 2.89. The fraction of sp³-hybridized carbons (Fsp3) is 0.514. The summed E-state index contributed by atoms with van der Waals surface area (Å²) in [7, 11) is -2.98. The predicted octanol–water partition coefficient (Wildman–Crippen LogP) is 8.67. The monoisotopic (exact) mass is 782 g/mol. The van der Waals surface area contributed by atoms with Gasteiger partial charge in [0.2, 0.25) is 0 Å². The van der Waals surface area contributed by atoms with Gasteiger partial charge >= 0.3 is 0 Å². The summed E-state index contributed by atoms with van der Waals surface area (Å²) >= 11 is 0. The zero-order valence-electron chi connectivity index (χ0n) is 28.0. The SMILES string of the molecule is CCC(CC)C(=O)/C=C(\O)C(CC)CC.Cc1cc2[c-]c(-c3cc([Si](C)(C)C)ncn3)cc([Si](C)(C)C)c2cc1C.[Ir]. The molecular weight excluding hydrogens is 729 g/mol. The van der Waals surface area contributed by atoms with Crippen LogP contribution in [0.5, 0.6) is 0 Å². The van der Waals surface area contributed by atoms with Crippen molar-refractivity contribution in [2.75, 3.05) is 0 Å². The molecule has 1 aromatic heterocycles. The van der Waals surface area contributed by atoms with Gasteiger partial charge in [-0.05, 0) is 39.5 Å². The molecule has 0 atom stereocenters. The minimum atomic E-state index is -1.51. The van der Waals surface area contributed by atoms with E-state index in [9.17, 15) is 9.90 Å². The van der Waals surface area contributed by atoms with Gasteiger partial charge in [-0.1, -0.05) is 101 Å². The van der Waals surface area contributed by atoms with Crippen LogP contribution in [-0.2, 0) is 24.9 Å². The Morgan fingerprint density at radius 3 is 1.88 bits per heavy atom. The first-order valence-corrected chi connectivity index (χ1v) is 22.3. The Balaban J connectivity index is 0.000000476. The molecule has 0 saturated carbocycles. The standard InChI is InChI=1S/C22H29N2Si2.C13H24O2.Ir/c1-15-9-17-11-18(20-13-22(24-14-23-20)26(6,7)8)12-21(25(3,4)5)19(17)10-16(15)2;1-5-10(6-2)12(14)9-13(15)11(7-3)8-4;/h9-10,12-14H,1-8H3;9-11,14H,5-8H2,1-4H3;/q-1;;/b;12-9-;. The summed E-state index contributed by atoms with van der Waals surface area (Å²) in [6, 6.07) is 12.8. The van der Waals surface area contributed by atoms with E-state index in [1.807, 2.05) is 27.7 Å². The van der Waals surface area contributed by atoms with Gasteiger partial charge in [0.25, 0.3) is 0 Å². The maximum atomic E-state index is 11.7. The van der Waals surface area contributed by atoms with Gasteiger partial charge in [-0.25, -0.2) is 4.98 Å². The molecule has 0 aliphatic carbocycles. The third-order valence-electron chi connectivity index (χ3n) is 8.08. The number of hydrogen-bond acceptors (Lipinski definition) is 4. The fourth-order valence-corrected chi connectivity index (χ4v) is 7.61. The molecule has 7 heteroatoms. The molecule has 0 saturated heterocycles. The number of hydrogen-bond donors (Lipinski definition) is 1. The van der Waals surface area contributed by atoms with Crippen LogP contribution in [0.15, 0.2) is 42.4 Å². The van der Waals surface area contributed by atoms with Crippen molar-refractivity contribution in [1.82, 2.24) is 9.97 Å². The first kappa shape index (κ1) is 38.1. The summed E-state index contributed by atoms with van der Waals surface area (Å²) < 4.78 is 0. The van der Waals surface area contributed by atoms with Gasteiger partial charge < -0.3 is 5.11 Å². The van der Waals surface area contributed by atoms with Crippen LogP contribution in [0, 0.1) is 31.7 Å². The zero-order valence-corrected chi connectivity index (χ0v) is 32.4. The van der Waals surface area contributed by atoms with Crippen LogP contribution in [0.1, 0.15) is 64.5 Å². The molecular formula is C35H53IrN2O2Si2-. The van der Waals surface area contributed by atoms with Gasteiger partial charge in [0.15, 0.2) is 5.78 Å². The van der Waals surface area contributed by atoms with Crippen molar-refractivity contribution in [2.24, 2.45) is 11.8 Å². The molecule has 0 bridgehead atoms. The zero-order chi connectivity index (χ0) is 31.1. The quantitative estimate of drug-likeness (QED) is 0.0969. The van der Waals surface area contributed by atoms with Crippen molar-refractivity contribution < 1.29 is 30.0 Å². The van der Waals surface area contributed by atoms with E-state index in [4.69, 9.17) is 0 Å². The third kappa shape index (κ3) is 10.1. The molecule has 0 aliphatic heterocycles. The number of benzene rings is 2. The summed E-state index contributed by atoms with van der Waals surface area (Å²) in [6.45, 7) is 26.6. The van der Waals surface area contributed by atoms with Crippen LogP contribution >= 0.6 is 0 Å². The number of aliphatic hydroxyl groups is 1. The van der Waals surface area contributed by atoms with E-state index in [0.717, 1.165) is 36.9 Å². The average molecular weight is 782 g/mol. The second-order valence-electron chi connectivity index (χ2n) is 13.4. The summed E-state index contributed by atoms with van der Waals surface area (Å²) in [4.78, 5) is 20.8. The Morgan fingerprint density at radius 1 is 0.833 bits per heavy atom.